The van der Waals surface area contributed by atoms with Crippen LogP contribution < -0.4 is 0 Å². The van der Waals surface area contributed by atoms with Crippen LogP contribution in [0.5, 0.6) is 0 Å². The number of hydrogen-bond donors (Lipinski definition) is 0. The first-order valence-corrected chi connectivity index (χ1v) is 10.9. The van der Waals surface area contributed by atoms with Crippen molar-refractivity contribution in [3.05, 3.63) is 30.1 Å². The summed E-state index contributed by atoms with van der Waals surface area (Å²) < 4.78 is 0. The topological polar surface area (TPSA) is 73.8 Å². The van der Waals surface area contributed by atoms with Crippen molar-refractivity contribution in [1.82, 2.24) is 19.7 Å². The molecule has 7 heteroatoms. The molecular weight excluding hydrogens is 368 g/mol. The first-order valence-electron chi connectivity index (χ1n) is 10.9. The van der Waals surface area contributed by atoms with Gasteiger partial charge in [-0.1, -0.05) is 0 Å². The Labute approximate surface area is 172 Å². The number of piperidine rings is 2. The van der Waals surface area contributed by atoms with E-state index in [1.807, 2.05) is 4.90 Å². The van der Waals surface area contributed by atoms with Crippen LogP contribution in [-0.2, 0) is 9.59 Å². The maximum absolute atomic E-state index is 12.8. The lowest BCUT2D eigenvalue weighted by Gasteiger charge is -2.42. The lowest BCUT2D eigenvalue weighted by Crippen LogP contribution is -2.52. The summed E-state index contributed by atoms with van der Waals surface area (Å²) >= 11 is 0. The number of nitrogens with zero attached hydrogens (tertiary/aromatic N) is 4. The monoisotopic (exact) mass is 398 g/mol. The summed E-state index contributed by atoms with van der Waals surface area (Å²) in [5.74, 6) is -0.460. The molecule has 0 aliphatic carbocycles. The second-order valence-electron chi connectivity index (χ2n) is 8.46. The fourth-order valence-electron chi connectivity index (χ4n) is 4.93. The van der Waals surface area contributed by atoms with E-state index in [2.05, 4.69) is 9.88 Å². The highest BCUT2D eigenvalue weighted by Gasteiger charge is 2.35. The van der Waals surface area contributed by atoms with Gasteiger partial charge in [-0.2, -0.15) is 0 Å². The maximum atomic E-state index is 12.8. The Bertz CT molecular complexity index is 740. The molecule has 2 amide bonds. The minimum Gasteiger partial charge on any atom is -0.342 e. The van der Waals surface area contributed by atoms with Crippen LogP contribution in [0.1, 0.15) is 48.9 Å². The Hall–Kier alpha value is -2.28. The maximum Gasteiger partial charge on any atom is 0.295 e. The summed E-state index contributed by atoms with van der Waals surface area (Å²) in [6.07, 6.45) is 9.06. The quantitative estimate of drug-likeness (QED) is 0.569. The zero-order chi connectivity index (χ0) is 20.2. The largest absolute Gasteiger partial charge is 0.342 e. The molecule has 4 heterocycles. The second kappa shape index (κ2) is 9.03. The molecule has 1 atom stereocenters. The number of pyridine rings is 1. The van der Waals surface area contributed by atoms with Crippen LogP contribution in [0, 0.1) is 5.92 Å². The van der Waals surface area contributed by atoms with Crippen LogP contribution in [0.15, 0.2) is 24.5 Å². The lowest BCUT2D eigenvalue weighted by atomic mass is 9.92. The van der Waals surface area contributed by atoms with E-state index in [0.717, 1.165) is 64.7 Å². The van der Waals surface area contributed by atoms with E-state index in [9.17, 15) is 14.4 Å². The number of carbonyl (C=O) groups excluding carboxylic acids is 3. The molecule has 1 aromatic rings. The van der Waals surface area contributed by atoms with Gasteiger partial charge in [0.1, 0.15) is 0 Å². The highest BCUT2D eigenvalue weighted by Crippen LogP contribution is 2.26. The molecule has 0 bridgehead atoms. The van der Waals surface area contributed by atoms with Gasteiger partial charge in [-0.15, -0.1) is 0 Å². The van der Waals surface area contributed by atoms with E-state index in [1.165, 1.54) is 6.20 Å². The molecule has 4 rings (SSSR count). The van der Waals surface area contributed by atoms with Gasteiger partial charge in [-0.3, -0.25) is 24.3 Å². The Morgan fingerprint density at radius 1 is 0.897 bits per heavy atom. The van der Waals surface area contributed by atoms with E-state index < -0.39 is 11.7 Å². The van der Waals surface area contributed by atoms with Crippen molar-refractivity contribution in [2.24, 2.45) is 5.92 Å². The highest BCUT2D eigenvalue weighted by atomic mass is 16.2. The minimum atomic E-state index is -0.481. The van der Waals surface area contributed by atoms with Gasteiger partial charge in [0.05, 0.1) is 5.92 Å². The molecular formula is C22H30N4O3. The first-order chi connectivity index (χ1) is 14.1. The Morgan fingerprint density at radius 3 is 2.34 bits per heavy atom. The predicted molar refractivity (Wildman–Crippen MR) is 108 cm³/mol. The van der Waals surface area contributed by atoms with Gasteiger partial charge in [0.2, 0.25) is 5.91 Å². The Kier molecular flexibility index (Phi) is 6.23. The summed E-state index contributed by atoms with van der Waals surface area (Å²) in [4.78, 5) is 47.8. The number of carbonyl (C=O) groups is 3. The number of ketones is 1. The van der Waals surface area contributed by atoms with Crippen LogP contribution >= 0.6 is 0 Å². The average molecular weight is 399 g/mol. The lowest BCUT2D eigenvalue weighted by molar-refractivity contribution is -0.136. The molecule has 0 spiro atoms. The molecule has 0 aromatic carbocycles. The Morgan fingerprint density at radius 2 is 1.66 bits per heavy atom. The summed E-state index contributed by atoms with van der Waals surface area (Å²) in [6.45, 7) is 4.88. The van der Waals surface area contributed by atoms with Gasteiger partial charge in [0.25, 0.3) is 11.7 Å². The van der Waals surface area contributed by atoms with E-state index >= 15 is 0 Å². The van der Waals surface area contributed by atoms with Gasteiger partial charge < -0.3 is 9.80 Å². The zero-order valence-corrected chi connectivity index (χ0v) is 17.0. The van der Waals surface area contributed by atoms with Gasteiger partial charge >= 0.3 is 0 Å². The molecule has 29 heavy (non-hydrogen) atoms. The fourth-order valence-corrected chi connectivity index (χ4v) is 4.93. The van der Waals surface area contributed by atoms with E-state index in [-0.39, 0.29) is 5.92 Å². The van der Waals surface area contributed by atoms with Gasteiger partial charge in [0.15, 0.2) is 0 Å². The highest BCUT2D eigenvalue weighted by molar-refractivity contribution is 6.42. The molecule has 3 saturated heterocycles. The number of aromatic nitrogens is 1. The number of rotatable bonds is 4. The van der Waals surface area contributed by atoms with Crippen LogP contribution in [0.25, 0.3) is 0 Å². The SMILES string of the molecule is O=C(C(=O)N1CCC(N2CCCC(C(=O)N3CCCC3)C2)CC1)c1cccnc1. The fraction of sp³-hybridized carbons (Fsp3) is 0.636. The van der Waals surface area contributed by atoms with Crippen molar-refractivity contribution in [3.8, 4) is 0 Å². The van der Waals surface area contributed by atoms with Crippen molar-refractivity contribution in [1.29, 1.82) is 0 Å². The summed E-state index contributed by atoms with van der Waals surface area (Å²) in [6, 6.07) is 3.69. The third kappa shape index (κ3) is 4.50. The molecule has 3 aliphatic rings. The molecule has 1 aromatic heterocycles. The molecule has 156 valence electrons. The molecule has 7 nitrogen and oxygen atoms in total. The molecule has 3 aliphatic heterocycles. The molecule has 0 radical (unpaired) electrons. The zero-order valence-electron chi connectivity index (χ0n) is 17.0. The normalized spacial score (nSPS) is 23.9. The van der Waals surface area contributed by atoms with Gasteiger partial charge in [0, 0.05) is 56.7 Å². The standard InChI is InChI=1S/C22H30N4O3/c27-20(17-5-3-9-23-15-17)22(29)25-13-7-19(8-14-25)26-12-4-6-18(16-26)21(28)24-10-1-2-11-24/h3,5,9,15,18-19H,1-2,4,6-8,10-14,16H2. The van der Waals surface area contributed by atoms with Crippen LogP contribution in [0.2, 0.25) is 0 Å². The van der Waals surface area contributed by atoms with Crippen molar-refractivity contribution in [3.63, 3.8) is 0 Å². The Balaban J connectivity index is 1.29. The summed E-state index contributed by atoms with van der Waals surface area (Å²) in [5, 5.41) is 0. The molecule has 0 saturated carbocycles. The third-order valence-corrected chi connectivity index (χ3v) is 6.61. The van der Waals surface area contributed by atoms with Gasteiger partial charge in [-0.05, 0) is 57.2 Å². The second-order valence-corrected chi connectivity index (χ2v) is 8.46. The predicted octanol–water partition coefficient (Wildman–Crippen LogP) is 1.59. The summed E-state index contributed by atoms with van der Waals surface area (Å²) in [5.41, 5.74) is 0.346. The van der Waals surface area contributed by atoms with E-state index in [1.54, 1.807) is 23.2 Å². The smallest absolute Gasteiger partial charge is 0.295 e. The van der Waals surface area contributed by atoms with Gasteiger partial charge in [-0.25, -0.2) is 0 Å². The van der Waals surface area contributed by atoms with E-state index in [0.29, 0.717) is 30.6 Å². The van der Waals surface area contributed by atoms with Crippen molar-refractivity contribution < 1.29 is 14.4 Å². The number of Topliss-reactive ketones (excluding diaryl/α,β-unsaturated/α-hetero) is 1. The minimum absolute atomic E-state index is 0.119. The average Bonchev–Trinajstić information content (AvgIpc) is 3.33. The van der Waals surface area contributed by atoms with Crippen LogP contribution in [0.4, 0.5) is 0 Å². The molecule has 1 unspecified atom stereocenters. The number of likely N-dealkylation sites (tertiary alicyclic amines) is 3. The van der Waals surface area contributed by atoms with Crippen LogP contribution in [-0.4, -0.2) is 82.6 Å². The third-order valence-electron chi connectivity index (χ3n) is 6.61. The van der Waals surface area contributed by atoms with E-state index in [4.69, 9.17) is 0 Å². The molecule has 0 N–H and O–H groups in total. The van der Waals surface area contributed by atoms with Crippen molar-refractivity contribution >= 4 is 17.6 Å². The number of hydrogen-bond acceptors (Lipinski definition) is 5. The first kappa shape index (κ1) is 20.0. The van der Waals surface area contributed by atoms with Crippen molar-refractivity contribution in [2.75, 3.05) is 39.3 Å². The molecule has 3 fully saturated rings. The van der Waals surface area contributed by atoms with Crippen molar-refractivity contribution in [2.45, 2.75) is 44.6 Å². The number of amides is 2. The van der Waals surface area contributed by atoms with Crippen LogP contribution in [0.3, 0.4) is 0 Å². The summed E-state index contributed by atoms with van der Waals surface area (Å²) in [7, 11) is 0.